The van der Waals surface area contributed by atoms with Gasteiger partial charge in [-0.2, -0.15) is 0 Å². The van der Waals surface area contributed by atoms with Gasteiger partial charge in [-0.05, 0) is 42.4 Å². The highest BCUT2D eigenvalue weighted by atomic mass is 16.5. The molecule has 4 fully saturated rings. The molecule has 0 amide bonds. The van der Waals surface area contributed by atoms with Crippen LogP contribution in [0.2, 0.25) is 0 Å². The van der Waals surface area contributed by atoms with Gasteiger partial charge in [0.15, 0.2) is 0 Å². The summed E-state index contributed by atoms with van der Waals surface area (Å²) < 4.78 is 5.42. The van der Waals surface area contributed by atoms with E-state index >= 15 is 0 Å². The maximum absolute atomic E-state index is 11.9. The molecule has 0 aromatic rings. The Morgan fingerprint density at radius 3 is 2.56 bits per heavy atom. The summed E-state index contributed by atoms with van der Waals surface area (Å²) in [6, 6.07) is 0. The lowest BCUT2D eigenvalue weighted by molar-refractivity contribution is -0.135. The average molecular weight is 216 g/mol. The van der Waals surface area contributed by atoms with Gasteiger partial charge in [0.1, 0.15) is 6.61 Å². The monoisotopic (exact) mass is 216 g/mol. The quantitative estimate of drug-likeness (QED) is 0.581. The van der Waals surface area contributed by atoms with Crippen molar-refractivity contribution in [1.29, 1.82) is 0 Å². The summed E-state index contributed by atoms with van der Waals surface area (Å²) in [6.45, 7) is 0.713. The largest absolute Gasteiger partial charge is 0.461 e. The van der Waals surface area contributed by atoms with Gasteiger partial charge in [-0.1, -0.05) is 18.9 Å². The first-order chi connectivity index (χ1) is 7.76. The number of carbonyl (C=O) groups is 1. The van der Waals surface area contributed by atoms with Crippen LogP contribution in [-0.4, -0.2) is 12.6 Å². The predicted octanol–water partition coefficient (Wildman–Crippen LogP) is 2.44. The van der Waals surface area contributed by atoms with Crippen LogP contribution in [0.25, 0.3) is 0 Å². The standard InChI is InChI=1S/C14H16O2/c15-11-10-5-9-6-12-3-1-2-4-13(12,7-9)14(10,12)8-16-11/h5,9H,1-4,6-8H2/t9?,12-,13+,14?. The third-order valence-corrected chi connectivity index (χ3v) is 6.67. The maximum atomic E-state index is 11.9. The Balaban J connectivity index is 1.81. The zero-order valence-electron chi connectivity index (χ0n) is 9.42. The predicted molar refractivity (Wildman–Crippen MR) is 57.5 cm³/mol. The molecule has 1 heterocycles. The summed E-state index contributed by atoms with van der Waals surface area (Å²) >= 11 is 0. The summed E-state index contributed by atoms with van der Waals surface area (Å²) in [7, 11) is 0. The second-order valence-corrected chi connectivity index (χ2v) is 6.60. The molecule has 16 heavy (non-hydrogen) atoms. The topological polar surface area (TPSA) is 26.3 Å². The molecule has 2 unspecified atom stereocenters. The van der Waals surface area contributed by atoms with Gasteiger partial charge in [0, 0.05) is 11.0 Å². The molecule has 3 saturated carbocycles. The van der Waals surface area contributed by atoms with Crippen LogP contribution in [0.15, 0.2) is 11.6 Å². The average Bonchev–Trinajstić information content (AvgIpc) is 2.56. The number of esters is 1. The number of rotatable bonds is 0. The Kier molecular flexibility index (Phi) is 1.04. The first-order valence-electron chi connectivity index (χ1n) is 6.65. The van der Waals surface area contributed by atoms with Crippen LogP contribution in [0, 0.1) is 22.2 Å². The number of cyclic esters (lactones) is 1. The van der Waals surface area contributed by atoms with E-state index in [1.807, 2.05) is 0 Å². The van der Waals surface area contributed by atoms with Gasteiger partial charge in [0.05, 0.1) is 0 Å². The van der Waals surface area contributed by atoms with Crippen LogP contribution in [0.4, 0.5) is 0 Å². The van der Waals surface area contributed by atoms with Crippen LogP contribution < -0.4 is 0 Å². The molecule has 0 aromatic carbocycles. The molecule has 84 valence electrons. The van der Waals surface area contributed by atoms with E-state index in [9.17, 15) is 4.79 Å². The van der Waals surface area contributed by atoms with E-state index in [1.54, 1.807) is 0 Å². The summed E-state index contributed by atoms with van der Waals surface area (Å²) in [5, 5.41) is 0. The highest BCUT2D eigenvalue weighted by molar-refractivity contribution is 5.95. The van der Waals surface area contributed by atoms with E-state index in [2.05, 4.69) is 6.08 Å². The zero-order chi connectivity index (χ0) is 10.6. The molecule has 3 spiro atoms. The Morgan fingerprint density at radius 2 is 1.88 bits per heavy atom. The van der Waals surface area contributed by atoms with Crippen molar-refractivity contribution in [2.45, 2.75) is 38.5 Å². The number of allylic oxidation sites excluding steroid dienone is 1. The molecule has 4 bridgehead atoms. The lowest BCUT2D eigenvalue weighted by Crippen LogP contribution is -2.27. The third kappa shape index (κ3) is 0.493. The third-order valence-electron chi connectivity index (χ3n) is 6.67. The van der Waals surface area contributed by atoms with Crippen molar-refractivity contribution in [1.82, 2.24) is 0 Å². The van der Waals surface area contributed by atoms with E-state index in [4.69, 9.17) is 4.74 Å². The smallest absolute Gasteiger partial charge is 0.334 e. The van der Waals surface area contributed by atoms with Crippen LogP contribution in [0.3, 0.4) is 0 Å². The lowest BCUT2D eigenvalue weighted by atomic mass is 9.71. The SMILES string of the molecule is O=C1OCC23C1=CC1C[C@@]24CCCC[C@@]34C1. The molecule has 0 radical (unpaired) electrons. The number of ether oxygens (including phenoxy) is 1. The number of hydrogen-bond donors (Lipinski definition) is 0. The summed E-state index contributed by atoms with van der Waals surface area (Å²) in [6.07, 6.45) is 10.4. The van der Waals surface area contributed by atoms with E-state index < -0.39 is 0 Å². The Bertz CT molecular complexity index is 441. The zero-order valence-corrected chi connectivity index (χ0v) is 9.42. The van der Waals surface area contributed by atoms with E-state index in [0.717, 1.165) is 5.57 Å². The Morgan fingerprint density at radius 1 is 1.19 bits per heavy atom. The molecule has 1 saturated heterocycles. The highest BCUT2D eigenvalue weighted by Crippen LogP contribution is 2.95. The van der Waals surface area contributed by atoms with Crippen LogP contribution in [0.5, 0.6) is 0 Å². The maximum Gasteiger partial charge on any atom is 0.334 e. The van der Waals surface area contributed by atoms with Gasteiger partial charge >= 0.3 is 5.97 Å². The van der Waals surface area contributed by atoms with Crippen LogP contribution in [-0.2, 0) is 9.53 Å². The number of carbonyl (C=O) groups excluding carboxylic acids is 1. The summed E-state index contributed by atoms with van der Waals surface area (Å²) in [5.41, 5.74) is 2.29. The molecule has 5 aliphatic carbocycles. The Hall–Kier alpha value is -0.790. The molecule has 2 heteroatoms. The van der Waals surface area contributed by atoms with Gasteiger partial charge in [-0.3, -0.25) is 0 Å². The fraction of sp³-hybridized carbons (Fsp3) is 0.786. The van der Waals surface area contributed by atoms with E-state index in [0.29, 0.717) is 23.4 Å². The van der Waals surface area contributed by atoms with E-state index in [-0.39, 0.29) is 11.4 Å². The van der Waals surface area contributed by atoms with Crippen molar-refractivity contribution in [3.8, 4) is 0 Å². The minimum absolute atomic E-state index is 0.0116. The first kappa shape index (κ1) is 8.32. The lowest BCUT2D eigenvalue weighted by Gasteiger charge is -2.29. The van der Waals surface area contributed by atoms with Gasteiger partial charge in [0.2, 0.25) is 0 Å². The molecule has 6 rings (SSSR count). The summed E-state index contributed by atoms with van der Waals surface area (Å²) in [4.78, 5) is 11.9. The second-order valence-electron chi connectivity index (χ2n) is 6.60. The molecule has 6 aliphatic rings. The van der Waals surface area contributed by atoms with E-state index in [1.165, 1.54) is 38.5 Å². The number of hydrogen-bond acceptors (Lipinski definition) is 2. The molecule has 0 aromatic heterocycles. The van der Waals surface area contributed by atoms with Gasteiger partial charge in [-0.15, -0.1) is 0 Å². The second kappa shape index (κ2) is 2.00. The van der Waals surface area contributed by atoms with Gasteiger partial charge < -0.3 is 4.74 Å². The van der Waals surface area contributed by atoms with Gasteiger partial charge in [-0.25, -0.2) is 4.79 Å². The van der Waals surface area contributed by atoms with Crippen molar-refractivity contribution in [2.75, 3.05) is 6.61 Å². The van der Waals surface area contributed by atoms with Crippen molar-refractivity contribution >= 4 is 5.97 Å². The first-order valence-corrected chi connectivity index (χ1v) is 6.65. The Labute approximate surface area is 95.0 Å². The van der Waals surface area contributed by atoms with Crippen molar-refractivity contribution < 1.29 is 9.53 Å². The molecular weight excluding hydrogens is 200 g/mol. The summed E-state index contributed by atoms with van der Waals surface area (Å²) in [5.74, 6) is 0.707. The molecule has 0 N–H and O–H groups in total. The molecule has 1 aliphatic heterocycles. The van der Waals surface area contributed by atoms with Crippen molar-refractivity contribution in [3.63, 3.8) is 0 Å². The minimum atomic E-state index is 0.0116. The van der Waals surface area contributed by atoms with Crippen molar-refractivity contribution in [3.05, 3.63) is 11.6 Å². The fourth-order valence-corrected chi connectivity index (χ4v) is 6.46. The molecule has 4 atom stereocenters. The van der Waals surface area contributed by atoms with Gasteiger partial charge in [0.25, 0.3) is 0 Å². The molecular formula is C14H16O2. The minimum Gasteiger partial charge on any atom is -0.461 e. The van der Waals surface area contributed by atoms with Crippen LogP contribution >= 0.6 is 0 Å². The van der Waals surface area contributed by atoms with Crippen LogP contribution in [0.1, 0.15) is 38.5 Å². The molecule has 2 nitrogen and oxygen atoms in total. The fourth-order valence-electron chi connectivity index (χ4n) is 6.46. The normalized spacial score (nSPS) is 59.9. The highest BCUT2D eigenvalue weighted by Gasteiger charge is 2.93. The van der Waals surface area contributed by atoms with Crippen molar-refractivity contribution in [2.24, 2.45) is 22.2 Å².